The van der Waals surface area contributed by atoms with E-state index in [1.165, 1.54) is 0 Å². The topological polar surface area (TPSA) is 109 Å². The minimum Gasteiger partial charge on any atom is -0.490 e. The van der Waals surface area contributed by atoms with E-state index in [4.69, 9.17) is 21.3 Å². The SMILES string of the molecule is CCC(C(=O)O)C(c1ccc(S(=O)(=O)CC2CC2)cc1)c1nc2cc(-c3ccccc3OC(C)C)c(Cl)cc2[nH]1. The molecule has 2 N–H and O–H groups in total. The Hall–Kier alpha value is -3.36. The number of sulfone groups is 1. The molecule has 210 valence electrons. The highest BCUT2D eigenvalue weighted by molar-refractivity contribution is 7.91. The lowest BCUT2D eigenvalue weighted by Crippen LogP contribution is -2.23. The largest absolute Gasteiger partial charge is 0.490 e. The number of aromatic amines is 1. The molecule has 0 aliphatic heterocycles. The molecular weight excluding hydrogens is 548 g/mol. The fourth-order valence-electron chi connectivity index (χ4n) is 5.16. The number of H-pyrrole nitrogens is 1. The molecule has 0 amide bonds. The number of halogens is 1. The van der Waals surface area contributed by atoms with Crippen LogP contribution in [0.2, 0.25) is 5.02 Å². The van der Waals surface area contributed by atoms with Gasteiger partial charge in [-0.2, -0.15) is 0 Å². The van der Waals surface area contributed by atoms with Crippen LogP contribution < -0.4 is 4.74 Å². The maximum absolute atomic E-state index is 12.8. The smallest absolute Gasteiger partial charge is 0.307 e. The van der Waals surface area contributed by atoms with Gasteiger partial charge >= 0.3 is 5.97 Å². The van der Waals surface area contributed by atoms with E-state index in [1.54, 1.807) is 30.3 Å². The van der Waals surface area contributed by atoms with Crippen molar-refractivity contribution in [3.05, 3.63) is 77.1 Å². The van der Waals surface area contributed by atoms with Crippen LogP contribution in [0, 0.1) is 11.8 Å². The summed E-state index contributed by atoms with van der Waals surface area (Å²) in [5.41, 5.74) is 3.60. The molecule has 1 saturated carbocycles. The lowest BCUT2D eigenvalue weighted by molar-refractivity contribution is -0.142. The minimum absolute atomic E-state index is 0.0153. The number of para-hydroxylation sites is 1. The van der Waals surface area contributed by atoms with Crippen LogP contribution in [-0.2, 0) is 14.6 Å². The van der Waals surface area contributed by atoms with Gasteiger partial charge < -0.3 is 14.8 Å². The van der Waals surface area contributed by atoms with Crippen LogP contribution in [-0.4, -0.2) is 41.3 Å². The molecule has 0 bridgehead atoms. The predicted octanol–water partition coefficient (Wildman–Crippen LogP) is 7.10. The van der Waals surface area contributed by atoms with Crippen LogP contribution in [0.4, 0.5) is 0 Å². The number of carboxylic acid groups (broad SMARTS) is 1. The molecule has 1 aliphatic carbocycles. The molecule has 9 heteroatoms. The Balaban J connectivity index is 1.56. The van der Waals surface area contributed by atoms with Gasteiger partial charge in [-0.1, -0.05) is 48.9 Å². The van der Waals surface area contributed by atoms with Crippen LogP contribution in [0.15, 0.2) is 65.6 Å². The van der Waals surface area contributed by atoms with E-state index in [0.29, 0.717) is 39.6 Å². The van der Waals surface area contributed by atoms with Gasteiger partial charge in [0.05, 0.1) is 44.6 Å². The molecule has 40 heavy (non-hydrogen) atoms. The number of rotatable bonds is 11. The number of aliphatic carboxylic acids is 1. The number of fused-ring (bicyclic) bond motifs is 1. The monoisotopic (exact) mass is 580 g/mol. The quantitative estimate of drug-likeness (QED) is 0.196. The predicted molar refractivity (Wildman–Crippen MR) is 157 cm³/mol. The highest BCUT2D eigenvalue weighted by Crippen LogP contribution is 2.40. The first-order valence-electron chi connectivity index (χ1n) is 13.6. The van der Waals surface area contributed by atoms with Crippen molar-refractivity contribution in [2.45, 2.75) is 57.0 Å². The van der Waals surface area contributed by atoms with Crippen molar-refractivity contribution < 1.29 is 23.1 Å². The summed E-state index contributed by atoms with van der Waals surface area (Å²) in [5, 5.41) is 10.6. The maximum Gasteiger partial charge on any atom is 0.307 e. The van der Waals surface area contributed by atoms with Crippen molar-refractivity contribution in [1.82, 2.24) is 9.97 Å². The van der Waals surface area contributed by atoms with E-state index in [9.17, 15) is 18.3 Å². The summed E-state index contributed by atoms with van der Waals surface area (Å²) in [7, 11) is -3.38. The summed E-state index contributed by atoms with van der Waals surface area (Å²) >= 11 is 6.74. The molecule has 0 radical (unpaired) electrons. The Labute approximate surface area is 239 Å². The van der Waals surface area contributed by atoms with E-state index in [0.717, 1.165) is 24.0 Å². The standard InChI is InChI=1S/C31H33ClN2O5S/c1-4-22(31(35)36)29(20-11-13-21(14-12-20)40(37,38)17-19-9-10-19)30-33-26-15-24(25(32)16-27(26)34-30)23-7-5-6-8-28(23)39-18(2)3/h5-8,11-16,18-19,22,29H,4,9-10,17H2,1-3H3,(H,33,34)(H,35,36). The van der Waals surface area contributed by atoms with E-state index in [-0.39, 0.29) is 22.7 Å². The van der Waals surface area contributed by atoms with E-state index in [2.05, 4.69) is 4.98 Å². The third-order valence-electron chi connectivity index (χ3n) is 7.33. The van der Waals surface area contributed by atoms with Gasteiger partial charge in [-0.25, -0.2) is 13.4 Å². The van der Waals surface area contributed by atoms with Crippen molar-refractivity contribution >= 4 is 38.4 Å². The first-order valence-corrected chi connectivity index (χ1v) is 15.6. The molecule has 2 atom stereocenters. The molecule has 1 fully saturated rings. The number of carboxylic acids is 1. The number of nitrogens with one attached hydrogen (secondary N) is 1. The fraction of sp³-hybridized carbons (Fsp3) is 0.355. The van der Waals surface area contributed by atoms with Crippen LogP contribution in [0.5, 0.6) is 5.75 Å². The van der Waals surface area contributed by atoms with Crippen molar-refractivity contribution in [2.75, 3.05) is 5.75 Å². The Bertz CT molecular complexity index is 1640. The van der Waals surface area contributed by atoms with E-state index < -0.39 is 27.6 Å². The van der Waals surface area contributed by atoms with Gasteiger partial charge in [0.25, 0.3) is 0 Å². The van der Waals surface area contributed by atoms with Gasteiger partial charge in [0.15, 0.2) is 9.84 Å². The Morgan fingerprint density at radius 1 is 1.10 bits per heavy atom. The van der Waals surface area contributed by atoms with Gasteiger partial charge in [-0.15, -0.1) is 0 Å². The van der Waals surface area contributed by atoms with Crippen molar-refractivity contribution in [2.24, 2.45) is 11.8 Å². The maximum atomic E-state index is 12.8. The summed E-state index contributed by atoms with van der Waals surface area (Å²) in [6.07, 6.45) is 2.25. The average molecular weight is 581 g/mol. The average Bonchev–Trinajstić information content (AvgIpc) is 3.62. The third-order valence-corrected chi connectivity index (χ3v) is 9.55. The molecule has 0 saturated heterocycles. The second kappa shape index (κ2) is 11.3. The molecule has 0 spiro atoms. The number of hydrogen-bond donors (Lipinski definition) is 2. The van der Waals surface area contributed by atoms with Gasteiger partial charge in [0, 0.05) is 11.1 Å². The molecule has 4 aromatic rings. The van der Waals surface area contributed by atoms with Crippen LogP contribution in [0.1, 0.15) is 57.3 Å². The Kier molecular flexibility index (Phi) is 7.93. The number of aromatic nitrogens is 2. The first kappa shape index (κ1) is 28.2. The summed E-state index contributed by atoms with van der Waals surface area (Å²) < 4.78 is 31.6. The van der Waals surface area contributed by atoms with Crippen molar-refractivity contribution in [3.8, 4) is 16.9 Å². The van der Waals surface area contributed by atoms with Crippen molar-refractivity contribution in [3.63, 3.8) is 0 Å². The second-order valence-corrected chi connectivity index (χ2v) is 13.2. The fourth-order valence-corrected chi connectivity index (χ4v) is 7.12. The normalized spacial score (nSPS) is 15.3. The zero-order valence-electron chi connectivity index (χ0n) is 22.7. The Morgan fingerprint density at radius 2 is 1.80 bits per heavy atom. The number of carbonyl (C=O) groups is 1. The highest BCUT2D eigenvalue weighted by atomic mass is 35.5. The zero-order valence-corrected chi connectivity index (χ0v) is 24.3. The van der Waals surface area contributed by atoms with Crippen LogP contribution >= 0.6 is 11.6 Å². The van der Waals surface area contributed by atoms with Gasteiger partial charge in [0.1, 0.15) is 11.6 Å². The molecule has 5 rings (SSSR count). The van der Waals surface area contributed by atoms with Gasteiger partial charge in [0.2, 0.25) is 0 Å². The van der Waals surface area contributed by atoms with Crippen LogP contribution in [0.3, 0.4) is 0 Å². The summed E-state index contributed by atoms with van der Waals surface area (Å²) in [6, 6.07) is 17.9. The molecule has 1 heterocycles. The zero-order chi connectivity index (χ0) is 28.6. The number of benzene rings is 3. The lowest BCUT2D eigenvalue weighted by Gasteiger charge is -2.22. The molecular formula is C31H33ClN2O5S. The summed E-state index contributed by atoms with van der Waals surface area (Å²) in [4.78, 5) is 20.7. The number of ether oxygens (including phenoxy) is 1. The molecule has 7 nitrogen and oxygen atoms in total. The second-order valence-electron chi connectivity index (χ2n) is 10.8. The van der Waals surface area contributed by atoms with Crippen LogP contribution in [0.25, 0.3) is 22.2 Å². The Morgan fingerprint density at radius 3 is 2.42 bits per heavy atom. The number of imidazole rings is 1. The minimum atomic E-state index is -3.38. The number of nitrogens with zero attached hydrogens (tertiary/aromatic N) is 1. The van der Waals surface area contributed by atoms with Gasteiger partial charge in [-0.3, -0.25) is 4.79 Å². The molecule has 3 aromatic carbocycles. The number of hydrogen-bond acceptors (Lipinski definition) is 5. The molecule has 1 aliphatic rings. The van der Waals surface area contributed by atoms with E-state index >= 15 is 0 Å². The summed E-state index contributed by atoms with van der Waals surface area (Å²) in [6.45, 7) is 5.75. The van der Waals surface area contributed by atoms with Crippen molar-refractivity contribution in [1.29, 1.82) is 0 Å². The molecule has 1 aromatic heterocycles. The highest BCUT2D eigenvalue weighted by Gasteiger charge is 2.33. The summed E-state index contributed by atoms with van der Waals surface area (Å²) in [5.74, 6) is -0.750. The van der Waals surface area contributed by atoms with Gasteiger partial charge in [-0.05, 0) is 74.9 Å². The molecule has 2 unspecified atom stereocenters. The third kappa shape index (κ3) is 5.88. The van der Waals surface area contributed by atoms with E-state index in [1.807, 2.05) is 51.1 Å². The first-order chi connectivity index (χ1) is 19.1. The lowest BCUT2D eigenvalue weighted by atomic mass is 9.83.